The average molecular weight is 460 g/mol. The lowest BCUT2D eigenvalue weighted by atomic mass is 10.1. The van der Waals surface area contributed by atoms with Crippen molar-refractivity contribution in [2.24, 2.45) is 0 Å². The number of carbonyl (C=O) groups excluding carboxylic acids is 2. The summed E-state index contributed by atoms with van der Waals surface area (Å²) >= 11 is 1.59. The third-order valence-corrected chi connectivity index (χ3v) is 6.86. The predicted molar refractivity (Wildman–Crippen MR) is 135 cm³/mol. The second-order valence-electron chi connectivity index (χ2n) is 8.02. The predicted octanol–water partition coefficient (Wildman–Crippen LogP) is 6.65. The minimum atomic E-state index is -0.114. The Morgan fingerprint density at radius 3 is 2.48 bits per heavy atom. The number of hydrogen-bond donors (Lipinski definition) is 1. The van der Waals surface area contributed by atoms with Crippen LogP contribution in [0.1, 0.15) is 42.6 Å². The van der Waals surface area contributed by atoms with E-state index in [2.05, 4.69) is 12.2 Å². The van der Waals surface area contributed by atoms with Gasteiger partial charge >= 0.3 is 6.03 Å². The summed E-state index contributed by atoms with van der Waals surface area (Å²) in [7, 11) is 0. The van der Waals surface area contributed by atoms with Crippen molar-refractivity contribution in [3.63, 3.8) is 0 Å². The maximum absolute atomic E-state index is 13.6. The third kappa shape index (κ3) is 5.22. The van der Waals surface area contributed by atoms with E-state index in [1.165, 1.54) is 0 Å². The van der Waals surface area contributed by atoms with Gasteiger partial charge in [0, 0.05) is 28.6 Å². The number of nitrogens with zero attached hydrogens (tertiary/aromatic N) is 2. The fourth-order valence-electron chi connectivity index (χ4n) is 3.88. The number of anilines is 2. The van der Waals surface area contributed by atoms with E-state index in [0.29, 0.717) is 24.3 Å². The van der Waals surface area contributed by atoms with Crippen molar-refractivity contribution >= 4 is 35.1 Å². The van der Waals surface area contributed by atoms with Crippen LogP contribution in [-0.4, -0.2) is 29.9 Å². The molecule has 3 aromatic rings. The van der Waals surface area contributed by atoms with E-state index >= 15 is 0 Å². The van der Waals surface area contributed by atoms with Gasteiger partial charge in [0.05, 0.1) is 17.8 Å². The summed E-state index contributed by atoms with van der Waals surface area (Å²) in [4.78, 5) is 32.0. The molecule has 1 heterocycles. The minimum absolute atomic E-state index is 0.0395. The standard InChI is InChI=1S/C27H29N3O2S/c1-3-5-17-29(4-2)27(32)28-21-15-16-25-23(18-21)30(19-20-11-7-6-8-12-20)26(31)22-13-9-10-14-24(22)33-25/h6-16,18H,3-5,17,19H2,1-2H3,(H,28,32). The average Bonchev–Trinajstić information content (AvgIpc) is 2.95. The molecule has 33 heavy (non-hydrogen) atoms. The molecule has 0 aliphatic carbocycles. The molecule has 4 rings (SSSR count). The van der Waals surface area contributed by atoms with Crippen LogP contribution in [-0.2, 0) is 6.54 Å². The van der Waals surface area contributed by atoms with Crippen molar-refractivity contribution in [3.05, 3.63) is 83.9 Å². The van der Waals surface area contributed by atoms with Gasteiger partial charge in [0.2, 0.25) is 0 Å². The van der Waals surface area contributed by atoms with Gasteiger partial charge in [-0.2, -0.15) is 0 Å². The lowest BCUT2D eigenvalue weighted by Crippen LogP contribution is -2.35. The first-order valence-electron chi connectivity index (χ1n) is 11.4. The van der Waals surface area contributed by atoms with Crippen molar-refractivity contribution in [1.82, 2.24) is 4.90 Å². The maximum Gasteiger partial charge on any atom is 0.321 e. The van der Waals surface area contributed by atoms with Crippen LogP contribution < -0.4 is 10.2 Å². The summed E-state index contributed by atoms with van der Waals surface area (Å²) in [5, 5.41) is 3.03. The highest BCUT2D eigenvalue weighted by Crippen LogP contribution is 2.43. The van der Waals surface area contributed by atoms with Crippen molar-refractivity contribution in [1.29, 1.82) is 0 Å². The summed E-state index contributed by atoms with van der Waals surface area (Å²) in [6, 6.07) is 23.4. The van der Waals surface area contributed by atoms with E-state index in [1.807, 2.05) is 89.5 Å². The normalized spacial score (nSPS) is 12.5. The number of unbranched alkanes of at least 4 members (excludes halogenated alkanes) is 1. The molecule has 0 aromatic heterocycles. The zero-order chi connectivity index (χ0) is 23.2. The number of urea groups is 1. The molecule has 3 amide bonds. The lowest BCUT2D eigenvalue weighted by molar-refractivity contribution is 0.0982. The van der Waals surface area contributed by atoms with Crippen molar-refractivity contribution in [2.45, 2.75) is 43.0 Å². The fraction of sp³-hybridized carbons (Fsp3) is 0.259. The number of rotatable bonds is 7. The second kappa shape index (κ2) is 10.6. The Kier molecular flexibility index (Phi) is 7.35. The number of benzene rings is 3. The first kappa shape index (κ1) is 22.9. The van der Waals surface area contributed by atoms with Gasteiger partial charge in [0.15, 0.2) is 0 Å². The number of hydrogen-bond acceptors (Lipinski definition) is 3. The van der Waals surface area contributed by atoms with Crippen LogP contribution in [0, 0.1) is 0 Å². The third-order valence-electron chi connectivity index (χ3n) is 5.72. The molecular formula is C27H29N3O2S. The Labute approximate surface area is 199 Å². The van der Waals surface area contributed by atoms with Gasteiger partial charge in [-0.3, -0.25) is 4.79 Å². The highest BCUT2D eigenvalue weighted by Gasteiger charge is 2.28. The van der Waals surface area contributed by atoms with Crippen LogP contribution in [0.25, 0.3) is 0 Å². The first-order chi connectivity index (χ1) is 16.1. The molecule has 1 aliphatic rings. The summed E-state index contributed by atoms with van der Waals surface area (Å²) in [6.45, 7) is 5.94. The van der Waals surface area contributed by atoms with Crippen LogP contribution >= 0.6 is 11.8 Å². The highest BCUT2D eigenvalue weighted by molar-refractivity contribution is 7.99. The molecule has 0 unspecified atom stereocenters. The van der Waals surface area contributed by atoms with Crippen molar-refractivity contribution in [3.8, 4) is 0 Å². The molecule has 3 aromatic carbocycles. The van der Waals surface area contributed by atoms with Gasteiger partial charge in [0.25, 0.3) is 5.91 Å². The maximum atomic E-state index is 13.6. The Balaban J connectivity index is 1.69. The van der Waals surface area contributed by atoms with Gasteiger partial charge < -0.3 is 15.1 Å². The zero-order valence-electron chi connectivity index (χ0n) is 19.1. The van der Waals surface area contributed by atoms with E-state index in [1.54, 1.807) is 11.8 Å². The van der Waals surface area contributed by atoms with E-state index in [4.69, 9.17) is 0 Å². The molecule has 1 N–H and O–H groups in total. The molecule has 170 valence electrons. The minimum Gasteiger partial charge on any atom is -0.325 e. The fourth-order valence-corrected chi connectivity index (χ4v) is 4.93. The molecule has 6 heteroatoms. The Morgan fingerprint density at radius 1 is 0.970 bits per heavy atom. The second-order valence-corrected chi connectivity index (χ2v) is 9.10. The number of fused-ring (bicyclic) bond motifs is 2. The Morgan fingerprint density at radius 2 is 1.73 bits per heavy atom. The van der Waals surface area contributed by atoms with Gasteiger partial charge in [-0.05, 0) is 49.2 Å². The van der Waals surface area contributed by atoms with Crippen LogP contribution in [0.4, 0.5) is 16.2 Å². The Hall–Kier alpha value is -3.25. The van der Waals surface area contributed by atoms with Crippen molar-refractivity contribution in [2.75, 3.05) is 23.3 Å². The molecule has 0 atom stereocenters. The monoisotopic (exact) mass is 459 g/mol. The quantitative estimate of drug-likeness (QED) is 0.430. The van der Waals surface area contributed by atoms with Crippen LogP contribution in [0.5, 0.6) is 0 Å². The summed E-state index contributed by atoms with van der Waals surface area (Å²) in [6.07, 6.45) is 2.01. The largest absolute Gasteiger partial charge is 0.325 e. The van der Waals surface area contributed by atoms with E-state index in [9.17, 15) is 9.59 Å². The summed E-state index contributed by atoms with van der Waals surface area (Å²) in [5.74, 6) is -0.0395. The first-order valence-corrected chi connectivity index (χ1v) is 12.2. The molecule has 1 aliphatic heterocycles. The van der Waals surface area contributed by atoms with Gasteiger partial charge in [-0.25, -0.2) is 4.79 Å². The Bertz CT molecular complexity index is 1130. The molecule has 0 bridgehead atoms. The number of nitrogens with one attached hydrogen (secondary N) is 1. The van der Waals surface area contributed by atoms with Gasteiger partial charge in [-0.15, -0.1) is 0 Å². The highest BCUT2D eigenvalue weighted by atomic mass is 32.2. The van der Waals surface area contributed by atoms with Crippen molar-refractivity contribution < 1.29 is 9.59 Å². The zero-order valence-corrected chi connectivity index (χ0v) is 19.9. The molecule has 0 saturated carbocycles. The lowest BCUT2D eigenvalue weighted by Gasteiger charge is -2.25. The summed E-state index contributed by atoms with van der Waals surface area (Å²) < 4.78 is 0. The number of carbonyl (C=O) groups is 2. The molecule has 0 spiro atoms. The smallest absolute Gasteiger partial charge is 0.321 e. The topological polar surface area (TPSA) is 52.7 Å². The molecule has 0 saturated heterocycles. The molecule has 0 fully saturated rings. The van der Waals surface area contributed by atoms with E-state index < -0.39 is 0 Å². The molecule has 0 radical (unpaired) electrons. The SMILES string of the molecule is CCCCN(CC)C(=O)Nc1ccc2c(c1)N(Cc1ccccc1)C(=O)c1ccccc1S2. The van der Waals surface area contributed by atoms with E-state index in [-0.39, 0.29) is 11.9 Å². The number of amides is 3. The van der Waals surface area contributed by atoms with Crippen LogP contribution in [0.15, 0.2) is 82.6 Å². The van der Waals surface area contributed by atoms with Crippen LogP contribution in [0.2, 0.25) is 0 Å². The molecular weight excluding hydrogens is 430 g/mol. The molecule has 5 nitrogen and oxygen atoms in total. The van der Waals surface area contributed by atoms with Gasteiger partial charge in [-0.1, -0.05) is 67.6 Å². The summed E-state index contributed by atoms with van der Waals surface area (Å²) in [5.41, 5.74) is 3.23. The van der Waals surface area contributed by atoms with E-state index in [0.717, 1.165) is 40.4 Å². The van der Waals surface area contributed by atoms with Crippen LogP contribution in [0.3, 0.4) is 0 Å². The van der Waals surface area contributed by atoms with Gasteiger partial charge in [0.1, 0.15) is 0 Å².